The van der Waals surface area contributed by atoms with Gasteiger partial charge in [0, 0.05) is 0 Å². The fourth-order valence-corrected chi connectivity index (χ4v) is 2.77. The van der Waals surface area contributed by atoms with Crippen molar-refractivity contribution in [3.63, 3.8) is 0 Å². The van der Waals surface area contributed by atoms with Gasteiger partial charge in [-0.2, -0.15) is 0 Å². The highest BCUT2D eigenvalue weighted by molar-refractivity contribution is 9.10. The van der Waals surface area contributed by atoms with Crippen molar-refractivity contribution in [3.05, 3.63) is 65.0 Å². The monoisotopic (exact) mass is 459 g/mol. The first-order chi connectivity index (χ1) is 13.9. The van der Waals surface area contributed by atoms with Crippen molar-refractivity contribution in [2.24, 2.45) is 0 Å². The van der Waals surface area contributed by atoms with Crippen molar-refractivity contribution >= 4 is 44.4 Å². The normalized spacial score (nSPS) is 11.5. The summed E-state index contributed by atoms with van der Waals surface area (Å²) in [6.07, 6.45) is -0.841. The number of hydrazine groups is 1. The number of carbonyl (C=O) groups is 3. The number of hydrogen-bond acceptors (Lipinski definition) is 5. The molecule has 9 heteroatoms. The van der Waals surface area contributed by atoms with E-state index in [1.54, 1.807) is 19.1 Å². The third kappa shape index (κ3) is 5.58. The Morgan fingerprint density at radius 3 is 2.52 bits per heavy atom. The molecule has 29 heavy (non-hydrogen) atoms. The van der Waals surface area contributed by atoms with Gasteiger partial charge in [0.25, 0.3) is 17.7 Å². The second-order valence-corrected chi connectivity index (χ2v) is 6.87. The number of nitrogens with one attached hydrogen (secondary N) is 3. The number of halogens is 1. The van der Waals surface area contributed by atoms with E-state index in [1.807, 2.05) is 36.4 Å². The Hall–Kier alpha value is -3.33. The van der Waals surface area contributed by atoms with Gasteiger partial charge in [-0.1, -0.05) is 30.3 Å². The smallest absolute Gasteiger partial charge is 0.287 e. The zero-order chi connectivity index (χ0) is 20.8. The van der Waals surface area contributed by atoms with Gasteiger partial charge in [-0.25, -0.2) is 0 Å². The number of fused-ring (bicyclic) bond motifs is 1. The molecular weight excluding hydrogens is 442 g/mol. The van der Waals surface area contributed by atoms with Crippen molar-refractivity contribution < 1.29 is 23.5 Å². The summed E-state index contributed by atoms with van der Waals surface area (Å²) < 4.78 is 11.1. The predicted molar refractivity (Wildman–Crippen MR) is 109 cm³/mol. The van der Waals surface area contributed by atoms with Gasteiger partial charge in [0.2, 0.25) is 0 Å². The Morgan fingerprint density at radius 1 is 1.03 bits per heavy atom. The van der Waals surface area contributed by atoms with Crippen molar-refractivity contribution in [2.75, 3.05) is 6.54 Å². The van der Waals surface area contributed by atoms with Gasteiger partial charge in [0.15, 0.2) is 16.5 Å². The fourth-order valence-electron chi connectivity index (χ4n) is 2.46. The average molecular weight is 460 g/mol. The lowest BCUT2D eigenvalue weighted by atomic mass is 10.1. The number of carbonyl (C=O) groups excluding carboxylic acids is 3. The molecule has 150 valence electrons. The summed E-state index contributed by atoms with van der Waals surface area (Å²) in [5.74, 6) is -1.09. The highest BCUT2D eigenvalue weighted by Gasteiger charge is 2.16. The molecule has 0 saturated carbocycles. The van der Waals surface area contributed by atoms with Crippen LogP contribution in [0.25, 0.3) is 10.8 Å². The standard InChI is InChI=1S/C20H18BrN3O5/c1-12(28-15-7-6-13-4-2-3-5-14(13)10-15)19(26)24-23-18(25)11-22-20(27)16-8-9-17(21)29-16/h2-10,12H,11H2,1H3,(H,22,27)(H,23,25)(H,24,26). The summed E-state index contributed by atoms with van der Waals surface area (Å²) in [5, 5.41) is 4.43. The lowest BCUT2D eigenvalue weighted by Crippen LogP contribution is -2.50. The Bertz CT molecular complexity index is 1050. The van der Waals surface area contributed by atoms with Crippen LogP contribution in [0.3, 0.4) is 0 Å². The first kappa shape index (κ1) is 20.4. The zero-order valence-corrected chi connectivity index (χ0v) is 17.0. The molecule has 8 nitrogen and oxygen atoms in total. The van der Waals surface area contributed by atoms with Crippen LogP contribution in [0.2, 0.25) is 0 Å². The van der Waals surface area contributed by atoms with Crippen molar-refractivity contribution in [2.45, 2.75) is 13.0 Å². The van der Waals surface area contributed by atoms with Gasteiger partial charge < -0.3 is 14.5 Å². The Balaban J connectivity index is 1.44. The van der Waals surface area contributed by atoms with E-state index in [0.717, 1.165) is 10.8 Å². The molecule has 1 atom stereocenters. The van der Waals surface area contributed by atoms with Gasteiger partial charge >= 0.3 is 0 Å². The SMILES string of the molecule is CC(Oc1ccc2ccccc2c1)C(=O)NNC(=O)CNC(=O)c1ccc(Br)o1. The zero-order valence-electron chi connectivity index (χ0n) is 15.4. The Labute approximate surface area is 174 Å². The number of hydrogen-bond donors (Lipinski definition) is 3. The summed E-state index contributed by atoms with van der Waals surface area (Å²) in [7, 11) is 0. The highest BCUT2D eigenvalue weighted by atomic mass is 79.9. The maximum atomic E-state index is 12.1. The van der Waals surface area contributed by atoms with E-state index in [9.17, 15) is 14.4 Å². The minimum absolute atomic E-state index is 0.0612. The molecule has 0 fully saturated rings. The highest BCUT2D eigenvalue weighted by Crippen LogP contribution is 2.21. The average Bonchev–Trinajstić information content (AvgIpc) is 3.16. The van der Waals surface area contributed by atoms with E-state index < -0.39 is 23.8 Å². The molecule has 3 amide bonds. The van der Waals surface area contributed by atoms with Gasteiger partial charge in [0.05, 0.1) is 6.54 Å². The number of furan rings is 1. The van der Waals surface area contributed by atoms with Crippen LogP contribution in [0, 0.1) is 0 Å². The molecule has 1 heterocycles. The molecule has 0 aliphatic heterocycles. The third-order valence-electron chi connectivity index (χ3n) is 3.93. The van der Waals surface area contributed by atoms with Crippen LogP contribution in [0.1, 0.15) is 17.5 Å². The Kier molecular flexibility index (Phi) is 6.50. The molecule has 3 aromatic rings. The van der Waals surface area contributed by atoms with Crippen LogP contribution in [0.15, 0.2) is 63.7 Å². The van der Waals surface area contributed by atoms with E-state index in [0.29, 0.717) is 10.4 Å². The molecule has 0 radical (unpaired) electrons. The first-order valence-electron chi connectivity index (χ1n) is 8.70. The first-order valence-corrected chi connectivity index (χ1v) is 9.49. The summed E-state index contributed by atoms with van der Waals surface area (Å²) in [5.41, 5.74) is 4.48. The molecule has 0 spiro atoms. The maximum absolute atomic E-state index is 12.1. The quantitative estimate of drug-likeness (QED) is 0.490. The second kappa shape index (κ2) is 9.24. The Morgan fingerprint density at radius 2 is 1.79 bits per heavy atom. The van der Waals surface area contributed by atoms with E-state index >= 15 is 0 Å². The molecule has 0 saturated heterocycles. The molecule has 1 aromatic heterocycles. The lowest BCUT2D eigenvalue weighted by molar-refractivity contribution is -0.132. The van der Waals surface area contributed by atoms with Crippen LogP contribution in [-0.4, -0.2) is 30.4 Å². The molecule has 0 aliphatic carbocycles. The summed E-state index contributed by atoms with van der Waals surface area (Å²) in [4.78, 5) is 35.7. The van der Waals surface area contributed by atoms with Crippen LogP contribution < -0.4 is 20.9 Å². The topological polar surface area (TPSA) is 110 Å². The fraction of sp³-hybridized carbons (Fsp3) is 0.150. The molecule has 3 rings (SSSR count). The number of rotatable bonds is 6. The number of amides is 3. The van der Waals surface area contributed by atoms with E-state index in [1.165, 1.54) is 6.07 Å². The lowest BCUT2D eigenvalue weighted by Gasteiger charge is -2.15. The van der Waals surface area contributed by atoms with Crippen molar-refractivity contribution in [3.8, 4) is 5.75 Å². The molecule has 0 bridgehead atoms. The third-order valence-corrected chi connectivity index (χ3v) is 4.36. The van der Waals surface area contributed by atoms with Crippen molar-refractivity contribution in [1.29, 1.82) is 0 Å². The van der Waals surface area contributed by atoms with E-state index in [2.05, 4.69) is 32.1 Å². The minimum Gasteiger partial charge on any atom is -0.481 e. The van der Waals surface area contributed by atoms with Gasteiger partial charge in [-0.3, -0.25) is 25.2 Å². The van der Waals surface area contributed by atoms with Crippen LogP contribution in [-0.2, 0) is 9.59 Å². The summed E-state index contributed by atoms with van der Waals surface area (Å²) >= 11 is 3.08. The molecular formula is C20H18BrN3O5. The number of benzene rings is 2. The number of ether oxygens (including phenoxy) is 1. The maximum Gasteiger partial charge on any atom is 0.287 e. The molecule has 1 unspecified atom stereocenters. The van der Waals surface area contributed by atoms with Gasteiger partial charge in [0.1, 0.15) is 5.75 Å². The predicted octanol–water partition coefficient (Wildman–Crippen LogP) is 2.54. The second-order valence-electron chi connectivity index (χ2n) is 6.09. The van der Waals surface area contributed by atoms with Crippen LogP contribution >= 0.6 is 15.9 Å². The summed E-state index contributed by atoms with van der Waals surface area (Å²) in [6.45, 7) is 1.23. The molecule has 0 aliphatic rings. The molecule has 3 N–H and O–H groups in total. The summed E-state index contributed by atoms with van der Waals surface area (Å²) in [6, 6.07) is 16.3. The van der Waals surface area contributed by atoms with Gasteiger partial charge in [-0.15, -0.1) is 0 Å². The largest absolute Gasteiger partial charge is 0.481 e. The van der Waals surface area contributed by atoms with Crippen molar-refractivity contribution in [1.82, 2.24) is 16.2 Å². The van der Waals surface area contributed by atoms with E-state index in [4.69, 9.17) is 9.15 Å². The van der Waals surface area contributed by atoms with Gasteiger partial charge in [-0.05, 0) is 57.9 Å². The van der Waals surface area contributed by atoms with E-state index in [-0.39, 0.29) is 12.3 Å². The molecule has 2 aromatic carbocycles. The minimum atomic E-state index is -0.841. The van der Waals surface area contributed by atoms with Crippen LogP contribution in [0.5, 0.6) is 5.75 Å². The van der Waals surface area contributed by atoms with Crippen LogP contribution in [0.4, 0.5) is 0 Å².